The number of para-hydroxylation sites is 1. The van der Waals surface area contributed by atoms with Crippen molar-refractivity contribution in [1.29, 1.82) is 0 Å². The number of nitrogens with zero attached hydrogens (tertiary/aromatic N) is 1. The Hall–Kier alpha value is -3.08. The molecule has 4 rings (SSSR count). The monoisotopic (exact) mass is 376 g/mol. The fourth-order valence-corrected chi connectivity index (χ4v) is 4.07. The van der Waals surface area contributed by atoms with E-state index in [9.17, 15) is 9.59 Å². The lowest BCUT2D eigenvalue weighted by Crippen LogP contribution is -2.48. The third-order valence-electron chi connectivity index (χ3n) is 5.38. The molecule has 0 saturated carbocycles. The van der Waals surface area contributed by atoms with Crippen LogP contribution in [0.3, 0.4) is 0 Å². The van der Waals surface area contributed by atoms with Crippen molar-refractivity contribution >= 4 is 17.4 Å². The van der Waals surface area contributed by atoms with Crippen LogP contribution >= 0.6 is 0 Å². The molecule has 2 heterocycles. The van der Waals surface area contributed by atoms with Crippen LogP contribution in [0.5, 0.6) is 5.75 Å². The van der Waals surface area contributed by atoms with Crippen LogP contribution < -0.4 is 10.1 Å². The third-order valence-corrected chi connectivity index (χ3v) is 5.38. The second kappa shape index (κ2) is 8.30. The summed E-state index contributed by atoms with van der Waals surface area (Å²) in [5.41, 5.74) is 2.55. The Morgan fingerprint density at radius 1 is 1.00 bits per heavy atom. The van der Waals surface area contributed by atoms with E-state index in [1.165, 1.54) is 11.1 Å². The fourth-order valence-electron chi connectivity index (χ4n) is 4.07. The zero-order valence-corrected chi connectivity index (χ0v) is 15.7. The Kier molecular flexibility index (Phi) is 5.42. The first-order valence-corrected chi connectivity index (χ1v) is 9.72. The Labute approximate surface area is 165 Å². The van der Waals surface area contributed by atoms with Crippen molar-refractivity contribution < 1.29 is 14.3 Å². The molecule has 2 aromatic carbocycles. The van der Waals surface area contributed by atoms with Gasteiger partial charge in [0, 0.05) is 6.04 Å². The predicted molar refractivity (Wildman–Crippen MR) is 108 cm³/mol. The molecule has 2 bridgehead atoms. The van der Waals surface area contributed by atoms with E-state index in [0.717, 1.165) is 19.3 Å². The number of carbonyl (C=O) groups is 2. The van der Waals surface area contributed by atoms with E-state index in [0.29, 0.717) is 5.75 Å². The van der Waals surface area contributed by atoms with Crippen molar-refractivity contribution in [2.45, 2.75) is 31.3 Å². The van der Waals surface area contributed by atoms with Crippen LogP contribution in [0.2, 0.25) is 0 Å². The molecule has 0 spiro atoms. The van der Waals surface area contributed by atoms with Crippen molar-refractivity contribution in [3.8, 4) is 5.75 Å². The predicted octanol–water partition coefficient (Wildman–Crippen LogP) is 3.03. The standard InChI is InChI=1S/C23H24N2O3/c26-22(16-28-21-9-5-2-6-10-21)24-15-23(27)25-19-11-12-20(25)14-18(13-19)17-7-3-1-4-8-17/h1-10,13,19-20H,11-12,14-16H2,(H,24,26)/t19-,20-/m1/s1. The largest absolute Gasteiger partial charge is 0.484 e. The van der Waals surface area contributed by atoms with Gasteiger partial charge >= 0.3 is 0 Å². The lowest BCUT2D eigenvalue weighted by Gasteiger charge is -2.34. The summed E-state index contributed by atoms with van der Waals surface area (Å²) in [6.07, 6.45) is 5.08. The average Bonchev–Trinajstić information content (AvgIpc) is 3.01. The first-order valence-electron chi connectivity index (χ1n) is 9.72. The minimum Gasteiger partial charge on any atom is -0.484 e. The molecule has 5 heteroatoms. The molecule has 1 saturated heterocycles. The van der Waals surface area contributed by atoms with E-state index in [-0.39, 0.29) is 37.0 Å². The molecule has 0 aromatic heterocycles. The van der Waals surface area contributed by atoms with E-state index >= 15 is 0 Å². The minimum absolute atomic E-state index is 0.0124. The number of fused-ring (bicyclic) bond motifs is 2. The number of rotatable bonds is 6. The second-order valence-electron chi connectivity index (χ2n) is 7.24. The Morgan fingerprint density at radius 3 is 2.43 bits per heavy atom. The zero-order valence-electron chi connectivity index (χ0n) is 15.7. The van der Waals surface area contributed by atoms with Gasteiger partial charge in [0.1, 0.15) is 5.75 Å². The van der Waals surface area contributed by atoms with Gasteiger partial charge in [-0.25, -0.2) is 0 Å². The van der Waals surface area contributed by atoms with Crippen LogP contribution in [0.15, 0.2) is 66.7 Å². The summed E-state index contributed by atoms with van der Waals surface area (Å²) in [6, 6.07) is 19.9. The highest BCUT2D eigenvalue weighted by Crippen LogP contribution is 2.38. The third kappa shape index (κ3) is 4.09. The van der Waals surface area contributed by atoms with Crippen LogP contribution in [0, 0.1) is 0 Å². The molecule has 2 atom stereocenters. The molecule has 2 aliphatic heterocycles. The molecule has 28 heavy (non-hydrogen) atoms. The molecular weight excluding hydrogens is 352 g/mol. The van der Waals surface area contributed by atoms with Gasteiger partial charge in [-0.2, -0.15) is 0 Å². The number of hydrogen-bond acceptors (Lipinski definition) is 3. The zero-order chi connectivity index (χ0) is 19.3. The average molecular weight is 376 g/mol. The van der Waals surface area contributed by atoms with Gasteiger partial charge in [0.15, 0.2) is 6.61 Å². The normalized spacial score (nSPS) is 20.4. The van der Waals surface area contributed by atoms with Crippen LogP contribution in [0.1, 0.15) is 24.8 Å². The van der Waals surface area contributed by atoms with Gasteiger partial charge in [-0.15, -0.1) is 0 Å². The van der Waals surface area contributed by atoms with Gasteiger partial charge in [-0.3, -0.25) is 9.59 Å². The second-order valence-corrected chi connectivity index (χ2v) is 7.24. The number of benzene rings is 2. The van der Waals surface area contributed by atoms with E-state index in [2.05, 4.69) is 23.5 Å². The highest BCUT2D eigenvalue weighted by Gasteiger charge is 2.39. The molecule has 2 aromatic rings. The van der Waals surface area contributed by atoms with E-state index in [4.69, 9.17) is 4.74 Å². The van der Waals surface area contributed by atoms with Gasteiger partial charge in [-0.1, -0.05) is 54.6 Å². The SMILES string of the molecule is O=C(COc1ccccc1)NCC(=O)N1[C@@H]2CC[C@@H]1C=C(c1ccccc1)C2. The highest BCUT2D eigenvalue weighted by molar-refractivity contribution is 5.87. The lowest BCUT2D eigenvalue weighted by molar-refractivity contribution is -0.135. The van der Waals surface area contributed by atoms with Crippen LogP contribution in [0.4, 0.5) is 0 Å². The summed E-state index contributed by atoms with van der Waals surface area (Å²) in [5.74, 6) is 0.322. The molecular formula is C23H24N2O3. The van der Waals surface area contributed by atoms with Crippen LogP contribution in [-0.2, 0) is 9.59 Å². The van der Waals surface area contributed by atoms with Crippen molar-refractivity contribution in [2.75, 3.05) is 13.2 Å². The topological polar surface area (TPSA) is 58.6 Å². The van der Waals surface area contributed by atoms with Crippen molar-refractivity contribution in [3.63, 3.8) is 0 Å². The van der Waals surface area contributed by atoms with Gasteiger partial charge in [0.05, 0.1) is 12.6 Å². The summed E-state index contributed by atoms with van der Waals surface area (Å²) in [5, 5.41) is 2.69. The van der Waals surface area contributed by atoms with Gasteiger partial charge < -0.3 is 15.0 Å². The summed E-state index contributed by atoms with van der Waals surface area (Å²) in [4.78, 5) is 26.7. The quantitative estimate of drug-likeness (QED) is 0.843. The Balaban J connectivity index is 1.31. The number of nitrogens with one attached hydrogen (secondary N) is 1. The van der Waals surface area contributed by atoms with Crippen molar-refractivity contribution in [1.82, 2.24) is 10.2 Å². The van der Waals surface area contributed by atoms with E-state index in [1.807, 2.05) is 41.3 Å². The maximum Gasteiger partial charge on any atom is 0.258 e. The van der Waals surface area contributed by atoms with E-state index < -0.39 is 0 Å². The molecule has 0 unspecified atom stereocenters. The van der Waals surface area contributed by atoms with Crippen molar-refractivity contribution in [3.05, 3.63) is 72.3 Å². The molecule has 5 nitrogen and oxygen atoms in total. The maximum atomic E-state index is 12.7. The smallest absolute Gasteiger partial charge is 0.258 e. The van der Waals surface area contributed by atoms with Gasteiger partial charge in [-0.05, 0) is 42.5 Å². The number of amides is 2. The molecule has 0 aliphatic carbocycles. The van der Waals surface area contributed by atoms with Gasteiger partial charge in [0.2, 0.25) is 5.91 Å². The number of carbonyl (C=O) groups excluding carboxylic acids is 2. The number of hydrogen-bond donors (Lipinski definition) is 1. The summed E-state index contributed by atoms with van der Waals surface area (Å²) in [6.45, 7) is -0.0826. The summed E-state index contributed by atoms with van der Waals surface area (Å²) in [7, 11) is 0. The van der Waals surface area contributed by atoms with Crippen LogP contribution in [-0.4, -0.2) is 41.9 Å². The van der Waals surface area contributed by atoms with E-state index in [1.54, 1.807) is 12.1 Å². The number of ether oxygens (including phenoxy) is 1. The summed E-state index contributed by atoms with van der Waals surface area (Å²) < 4.78 is 5.42. The maximum absolute atomic E-state index is 12.7. The van der Waals surface area contributed by atoms with Crippen LogP contribution in [0.25, 0.3) is 5.57 Å². The molecule has 1 fully saturated rings. The molecule has 2 aliphatic rings. The first kappa shape index (κ1) is 18.3. The summed E-state index contributed by atoms with van der Waals surface area (Å²) >= 11 is 0. The van der Waals surface area contributed by atoms with Crippen molar-refractivity contribution in [2.24, 2.45) is 0 Å². The molecule has 0 radical (unpaired) electrons. The Bertz CT molecular complexity index is 864. The first-order chi connectivity index (χ1) is 13.7. The molecule has 2 amide bonds. The highest BCUT2D eigenvalue weighted by atomic mass is 16.5. The Morgan fingerprint density at radius 2 is 1.71 bits per heavy atom. The minimum atomic E-state index is -0.290. The lowest BCUT2D eigenvalue weighted by atomic mass is 9.95. The van der Waals surface area contributed by atoms with Gasteiger partial charge in [0.25, 0.3) is 5.91 Å². The fraction of sp³-hybridized carbons (Fsp3) is 0.304. The molecule has 144 valence electrons. The molecule has 1 N–H and O–H groups in total.